The predicted molar refractivity (Wildman–Crippen MR) is 125 cm³/mol. The van der Waals surface area contributed by atoms with E-state index in [1.165, 1.54) is 11.4 Å². The lowest BCUT2D eigenvalue weighted by Gasteiger charge is -2.45. The number of hydrogen-bond donors (Lipinski definition) is 1. The van der Waals surface area contributed by atoms with E-state index in [1.807, 2.05) is 19.1 Å². The van der Waals surface area contributed by atoms with Gasteiger partial charge in [-0.15, -0.1) is 0 Å². The SMILES string of the molecule is CCOC(=O)[C@H]1CC=C(CO)[C@H]2CN(S(=O)(=O)c3ccc(C)cc3)c3cc(OC)ccc3[C@H]12. The first-order chi connectivity index (χ1) is 15.8. The number of fused-ring (bicyclic) bond motifs is 3. The number of aliphatic hydroxyl groups excluding tert-OH is 1. The van der Waals surface area contributed by atoms with Gasteiger partial charge in [0.15, 0.2) is 0 Å². The Labute approximate surface area is 194 Å². The zero-order chi connectivity index (χ0) is 23.8. The number of carbonyl (C=O) groups is 1. The minimum Gasteiger partial charge on any atom is -0.497 e. The first-order valence-electron chi connectivity index (χ1n) is 11.1. The number of benzene rings is 2. The summed E-state index contributed by atoms with van der Waals surface area (Å²) in [6.07, 6.45) is 2.29. The summed E-state index contributed by atoms with van der Waals surface area (Å²) in [6, 6.07) is 12.0. The van der Waals surface area contributed by atoms with Crippen molar-refractivity contribution in [2.24, 2.45) is 11.8 Å². The fourth-order valence-corrected chi connectivity index (χ4v) is 6.42. The van der Waals surface area contributed by atoms with Crippen LogP contribution in [0, 0.1) is 18.8 Å². The van der Waals surface area contributed by atoms with Gasteiger partial charge in [0.2, 0.25) is 0 Å². The summed E-state index contributed by atoms with van der Waals surface area (Å²) in [5.74, 6) is -0.891. The maximum Gasteiger partial charge on any atom is 0.309 e. The summed E-state index contributed by atoms with van der Waals surface area (Å²) < 4.78 is 39.6. The Morgan fingerprint density at radius 1 is 1.18 bits per heavy atom. The molecule has 1 aliphatic carbocycles. The highest BCUT2D eigenvalue weighted by molar-refractivity contribution is 7.92. The molecule has 3 atom stereocenters. The van der Waals surface area contributed by atoms with Crippen molar-refractivity contribution in [3.05, 3.63) is 65.2 Å². The lowest BCUT2D eigenvalue weighted by molar-refractivity contribution is -0.149. The van der Waals surface area contributed by atoms with Gasteiger partial charge in [-0.05, 0) is 49.6 Å². The van der Waals surface area contributed by atoms with Gasteiger partial charge >= 0.3 is 5.97 Å². The second-order valence-electron chi connectivity index (χ2n) is 8.44. The summed E-state index contributed by atoms with van der Waals surface area (Å²) in [7, 11) is -2.37. The topological polar surface area (TPSA) is 93.1 Å². The molecule has 2 aromatic carbocycles. The van der Waals surface area contributed by atoms with Crippen LogP contribution in [0.1, 0.15) is 30.4 Å². The van der Waals surface area contributed by atoms with E-state index in [9.17, 15) is 18.3 Å². The largest absolute Gasteiger partial charge is 0.497 e. The van der Waals surface area contributed by atoms with E-state index in [0.29, 0.717) is 17.9 Å². The van der Waals surface area contributed by atoms with Gasteiger partial charge in [-0.25, -0.2) is 8.42 Å². The maximum absolute atomic E-state index is 13.8. The summed E-state index contributed by atoms with van der Waals surface area (Å²) in [5, 5.41) is 10.1. The number of carbonyl (C=O) groups excluding carboxylic acids is 1. The van der Waals surface area contributed by atoms with Crippen LogP contribution in [0.25, 0.3) is 0 Å². The molecule has 33 heavy (non-hydrogen) atoms. The fourth-order valence-electron chi connectivity index (χ4n) is 4.92. The highest BCUT2D eigenvalue weighted by atomic mass is 32.2. The number of allylic oxidation sites excluding steroid dienone is 1. The van der Waals surface area contributed by atoms with Crippen LogP contribution < -0.4 is 9.04 Å². The molecule has 2 aromatic rings. The van der Waals surface area contributed by atoms with Gasteiger partial charge in [-0.3, -0.25) is 9.10 Å². The Hall–Kier alpha value is -2.84. The number of rotatable bonds is 6. The van der Waals surface area contributed by atoms with Crippen LogP contribution in [0.3, 0.4) is 0 Å². The molecular formula is C25H29NO6S. The molecule has 0 spiro atoms. The standard InChI is InChI=1S/C25H29NO6S/c1-4-32-25(28)21-11-7-17(15-27)22-14-26(33(29,30)19-9-5-16(2)6-10-19)23-13-18(31-3)8-12-20(23)24(21)22/h5-10,12-13,21-22,24,27H,4,11,14-15H2,1-3H3/t21-,22+,24+/m0/s1. The van der Waals surface area contributed by atoms with Crippen molar-refractivity contribution in [2.45, 2.75) is 31.1 Å². The molecule has 0 radical (unpaired) electrons. The lowest BCUT2D eigenvalue weighted by Crippen LogP contribution is -2.47. The van der Waals surface area contributed by atoms with Crippen LogP contribution in [0.5, 0.6) is 5.75 Å². The van der Waals surface area contributed by atoms with E-state index < -0.39 is 15.9 Å². The van der Waals surface area contributed by atoms with E-state index in [4.69, 9.17) is 9.47 Å². The van der Waals surface area contributed by atoms with Crippen molar-refractivity contribution >= 4 is 21.7 Å². The van der Waals surface area contributed by atoms with Gasteiger partial charge < -0.3 is 14.6 Å². The minimum atomic E-state index is -3.89. The zero-order valence-electron chi connectivity index (χ0n) is 19.0. The summed E-state index contributed by atoms with van der Waals surface area (Å²) >= 11 is 0. The Morgan fingerprint density at radius 2 is 1.91 bits per heavy atom. The number of hydrogen-bond acceptors (Lipinski definition) is 6. The van der Waals surface area contributed by atoms with Crippen LogP contribution in [0.4, 0.5) is 5.69 Å². The molecule has 0 fully saturated rings. The molecule has 0 aromatic heterocycles. The molecule has 2 aliphatic rings. The fraction of sp³-hybridized carbons (Fsp3) is 0.400. The van der Waals surface area contributed by atoms with Crippen LogP contribution in [0.2, 0.25) is 0 Å². The highest BCUT2D eigenvalue weighted by Crippen LogP contribution is 2.51. The Balaban J connectivity index is 1.89. The second-order valence-corrected chi connectivity index (χ2v) is 10.3. The quantitative estimate of drug-likeness (QED) is 0.513. The lowest BCUT2D eigenvalue weighted by atomic mass is 9.67. The molecule has 1 heterocycles. The summed E-state index contributed by atoms with van der Waals surface area (Å²) in [4.78, 5) is 13.0. The number of sulfonamides is 1. The van der Waals surface area contributed by atoms with E-state index in [1.54, 1.807) is 43.3 Å². The normalized spacial score (nSPS) is 22.1. The van der Waals surface area contributed by atoms with Gasteiger partial charge in [0.05, 0.1) is 36.8 Å². The average molecular weight is 472 g/mol. The van der Waals surface area contributed by atoms with Gasteiger partial charge in [0.1, 0.15) is 5.75 Å². The van der Waals surface area contributed by atoms with Crippen molar-refractivity contribution in [1.29, 1.82) is 0 Å². The molecule has 1 N–H and O–H groups in total. The highest BCUT2D eigenvalue weighted by Gasteiger charge is 2.47. The molecular weight excluding hydrogens is 442 g/mol. The van der Waals surface area contributed by atoms with E-state index >= 15 is 0 Å². The van der Waals surface area contributed by atoms with E-state index in [2.05, 4.69) is 0 Å². The molecule has 0 saturated heterocycles. The van der Waals surface area contributed by atoms with E-state index in [-0.39, 0.29) is 42.5 Å². The van der Waals surface area contributed by atoms with Gasteiger partial charge in [-0.2, -0.15) is 0 Å². The average Bonchev–Trinajstić information content (AvgIpc) is 2.82. The first kappa shape index (κ1) is 23.3. The monoisotopic (exact) mass is 471 g/mol. The molecule has 4 rings (SSSR count). The number of nitrogens with zero attached hydrogens (tertiary/aromatic N) is 1. The number of ether oxygens (including phenoxy) is 2. The molecule has 0 unspecified atom stereocenters. The number of esters is 1. The van der Waals surface area contributed by atoms with Crippen molar-refractivity contribution in [1.82, 2.24) is 0 Å². The predicted octanol–water partition coefficient (Wildman–Crippen LogP) is 3.41. The third-order valence-corrected chi connectivity index (χ3v) is 8.38. The number of methoxy groups -OCH3 is 1. The molecule has 7 nitrogen and oxygen atoms in total. The molecule has 0 amide bonds. The second kappa shape index (κ2) is 9.19. The number of anilines is 1. The number of aliphatic hydroxyl groups is 1. The van der Waals surface area contributed by atoms with Crippen LogP contribution in [-0.2, 0) is 19.6 Å². The van der Waals surface area contributed by atoms with E-state index in [0.717, 1.165) is 16.7 Å². The molecule has 1 aliphatic heterocycles. The Kier molecular flexibility index (Phi) is 6.50. The van der Waals surface area contributed by atoms with Crippen LogP contribution >= 0.6 is 0 Å². The van der Waals surface area contributed by atoms with Crippen molar-refractivity contribution < 1.29 is 27.8 Å². The smallest absolute Gasteiger partial charge is 0.309 e. The molecule has 176 valence electrons. The van der Waals surface area contributed by atoms with Crippen LogP contribution in [-0.4, -0.2) is 46.4 Å². The zero-order valence-corrected chi connectivity index (χ0v) is 19.8. The van der Waals surface area contributed by atoms with Gasteiger partial charge in [0.25, 0.3) is 10.0 Å². The summed E-state index contributed by atoms with van der Waals surface area (Å²) in [5.41, 5.74) is 2.93. The van der Waals surface area contributed by atoms with Crippen molar-refractivity contribution in [3.8, 4) is 5.75 Å². The van der Waals surface area contributed by atoms with Crippen molar-refractivity contribution in [2.75, 3.05) is 31.2 Å². The third kappa shape index (κ3) is 4.13. The number of aryl methyl sites for hydroxylation is 1. The van der Waals surface area contributed by atoms with Crippen molar-refractivity contribution in [3.63, 3.8) is 0 Å². The Bertz CT molecular complexity index is 1170. The summed E-state index contributed by atoms with van der Waals surface area (Å²) in [6.45, 7) is 3.86. The first-order valence-corrected chi connectivity index (χ1v) is 12.5. The molecule has 0 bridgehead atoms. The molecule has 8 heteroatoms. The Morgan fingerprint density at radius 3 is 2.55 bits per heavy atom. The van der Waals surface area contributed by atoms with Gasteiger partial charge in [-0.1, -0.05) is 29.8 Å². The molecule has 0 saturated carbocycles. The third-order valence-electron chi connectivity index (χ3n) is 6.59. The van der Waals surface area contributed by atoms with Gasteiger partial charge in [0, 0.05) is 24.4 Å². The maximum atomic E-state index is 13.8. The van der Waals surface area contributed by atoms with Crippen LogP contribution in [0.15, 0.2) is 59.0 Å². The minimum absolute atomic E-state index is 0.114.